The van der Waals surface area contributed by atoms with E-state index < -0.39 is 24.0 Å². The molecule has 6 atom stereocenters. The molecule has 3 rings (SSSR count). The molecule has 2 saturated heterocycles. The highest BCUT2D eigenvalue weighted by Crippen LogP contribution is 2.33. The number of hydrogen-bond acceptors (Lipinski definition) is 9. The number of phenolic OH excluding ortho intramolecular Hbond substituents is 1. The van der Waals surface area contributed by atoms with Gasteiger partial charge in [0.05, 0.1) is 18.1 Å². The molecule has 2 aliphatic heterocycles. The summed E-state index contributed by atoms with van der Waals surface area (Å²) in [5.41, 5.74) is 6.35. The Morgan fingerprint density at radius 2 is 1.53 bits per heavy atom. The van der Waals surface area contributed by atoms with Crippen molar-refractivity contribution in [2.24, 2.45) is 11.7 Å². The number of likely N-dealkylation sites (N-methyl/N-ethyl adjacent to an activating group) is 1. The van der Waals surface area contributed by atoms with Crippen LogP contribution in [0.1, 0.15) is 103 Å². The van der Waals surface area contributed by atoms with E-state index in [1.807, 2.05) is 32.5 Å². The van der Waals surface area contributed by atoms with Crippen LogP contribution >= 0.6 is 11.8 Å². The minimum atomic E-state index is -0.805. The number of aromatic hydroxyl groups is 1. The molecule has 10 N–H and O–H groups in total. The third-order valence-corrected chi connectivity index (χ3v) is 11.4. The van der Waals surface area contributed by atoms with Crippen LogP contribution in [-0.4, -0.2) is 102 Å². The number of primary amides is 1. The highest BCUT2D eigenvalue weighted by atomic mass is 32.2. The summed E-state index contributed by atoms with van der Waals surface area (Å²) in [7, 11) is 0. The standard InChI is InChI=1S/C39H64N8O7S/c1-4-41-29(22-25(2)3)38(53)45-30(23-26-16-18-27(48)19-17-26)37(52)43-21-10-5-6-15-34(50)44-28(36(40)51)12-9-11-20-42-33(49)14-8-7-13-32-35-31(24-55-32)46-39(54)47-35/h16-19,25,28-32,35,41,48H,4-15,20-24H2,1-3H3,(H2,40,51)(H,42,49)(H,43,52)(H,44,50)(H,45,53)(H2,46,47,54)/t28-,29-,30-,31?,32?,35?/m0/s1. The Kier molecular flexibility index (Phi) is 20.2. The Bertz CT molecular complexity index is 1400. The summed E-state index contributed by atoms with van der Waals surface area (Å²) < 4.78 is 0. The number of thioether (sulfide) groups is 1. The largest absolute Gasteiger partial charge is 0.508 e. The average Bonchev–Trinajstić information content (AvgIpc) is 3.69. The Hall–Kier alpha value is -4.05. The molecule has 16 heteroatoms. The Morgan fingerprint density at radius 1 is 0.836 bits per heavy atom. The van der Waals surface area contributed by atoms with E-state index in [-0.39, 0.29) is 66.3 Å². The first-order valence-electron chi connectivity index (χ1n) is 20.0. The van der Waals surface area contributed by atoms with Crippen molar-refractivity contribution in [3.05, 3.63) is 29.8 Å². The molecule has 1 aromatic carbocycles. The molecule has 3 unspecified atom stereocenters. The smallest absolute Gasteiger partial charge is 0.315 e. The van der Waals surface area contributed by atoms with Crippen molar-refractivity contribution in [1.29, 1.82) is 0 Å². The number of nitrogens with two attached hydrogens (primary N) is 1. The molecule has 0 spiro atoms. The van der Waals surface area contributed by atoms with Gasteiger partial charge in [-0.25, -0.2) is 4.79 Å². The van der Waals surface area contributed by atoms with E-state index in [9.17, 15) is 33.9 Å². The summed E-state index contributed by atoms with van der Waals surface area (Å²) in [5.74, 6) is -0.110. The third kappa shape index (κ3) is 17.1. The minimum Gasteiger partial charge on any atom is -0.508 e. The van der Waals surface area contributed by atoms with Gasteiger partial charge in [0.1, 0.15) is 17.8 Å². The van der Waals surface area contributed by atoms with Gasteiger partial charge in [0.2, 0.25) is 29.5 Å². The second kappa shape index (κ2) is 24.5. The van der Waals surface area contributed by atoms with Crippen LogP contribution in [0.3, 0.4) is 0 Å². The normalized spacial score (nSPS) is 19.1. The molecule has 7 amide bonds. The van der Waals surface area contributed by atoms with Gasteiger partial charge in [0.15, 0.2) is 0 Å². The molecule has 1 aromatic rings. The summed E-state index contributed by atoms with van der Waals surface area (Å²) in [6.45, 7) is 7.47. The van der Waals surface area contributed by atoms with Crippen LogP contribution < -0.4 is 43.0 Å². The SMILES string of the molecule is CCN[C@@H](CC(C)C)C(=O)N[C@@H](Cc1ccc(O)cc1)C(=O)NCCCCCC(=O)N[C@@H](CCCCNC(=O)CCCCC1SCC2NC(=O)NC21)C(N)=O. The first-order valence-corrected chi connectivity index (χ1v) is 21.0. The molecule has 0 aliphatic carbocycles. The van der Waals surface area contributed by atoms with Gasteiger partial charge in [0, 0.05) is 43.4 Å². The van der Waals surface area contributed by atoms with Gasteiger partial charge in [-0.2, -0.15) is 11.8 Å². The van der Waals surface area contributed by atoms with Crippen molar-refractivity contribution in [3.8, 4) is 5.75 Å². The fourth-order valence-corrected chi connectivity index (χ4v) is 8.43. The van der Waals surface area contributed by atoms with E-state index in [2.05, 4.69) is 37.2 Å². The maximum Gasteiger partial charge on any atom is 0.315 e. The van der Waals surface area contributed by atoms with Crippen LogP contribution in [-0.2, 0) is 30.4 Å². The molecule has 0 saturated carbocycles. The van der Waals surface area contributed by atoms with Crippen LogP contribution in [0.4, 0.5) is 4.79 Å². The van der Waals surface area contributed by atoms with Crippen molar-refractivity contribution in [2.45, 2.75) is 140 Å². The van der Waals surface area contributed by atoms with Crippen molar-refractivity contribution in [3.63, 3.8) is 0 Å². The molecule has 0 radical (unpaired) electrons. The lowest BCUT2D eigenvalue weighted by Crippen LogP contribution is -2.54. The van der Waals surface area contributed by atoms with E-state index in [1.54, 1.807) is 24.3 Å². The minimum absolute atomic E-state index is 0.0111. The van der Waals surface area contributed by atoms with Gasteiger partial charge < -0.3 is 48.1 Å². The quantitative estimate of drug-likeness (QED) is 0.0469. The summed E-state index contributed by atoms with van der Waals surface area (Å²) in [4.78, 5) is 74.8. The summed E-state index contributed by atoms with van der Waals surface area (Å²) in [6, 6.07) is 4.80. The number of benzene rings is 1. The first kappa shape index (κ1) is 45.3. The predicted octanol–water partition coefficient (Wildman–Crippen LogP) is 2.10. The molecule has 0 aromatic heterocycles. The zero-order valence-corrected chi connectivity index (χ0v) is 33.6. The molecule has 15 nitrogen and oxygen atoms in total. The zero-order valence-electron chi connectivity index (χ0n) is 32.8. The van der Waals surface area contributed by atoms with Crippen molar-refractivity contribution >= 4 is 47.3 Å². The molecular weight excluding hydrogens is 725 g/mol. The Morgan fingerprint density at radius 3 is 2.24 bits per heavy atom. The van der Waals surface area contributed by atoms with Crippen molar-refractivity contribution in [2.75, 3.05) is 25.4 Å². The monoisotopic (exact) mass is 788 g/mol. The van der Waals surface area contributed by atoms with Crippen LogP contribution in [0, 0.1) is 5.92 Å². The number of phenols is 1. The number of urea groups is 1. The fourth-order valence-electron chi connectivity index (χ4n) is 6.89. The summed E-state index contributed by atoms with van der Waals surface area (Å²) in [5, 5.41) is 30.7. The fraction of sp³-hybridized carbons (Fsp3) is 0.692. The predicted molar refractivity (Wildman–Crippen MR) is 214 cm³/mol. The number of amides is 7. The number of carbonyl (C=O) groups excluding carboxylic acids is 6. The highest BCUT2D eigenvalue weighted by molar-refractivity contribution is 8.00. The Balaban J connectivity index is 1.28. The van der Waals surface area contributed by atoms with Crippen LogP contribution in [0.5, 0.6) is 5.75 Å². The maximum atomic E-state index is 13.2. The molecule has 2 fully saturated rings. The zero-order chi connectivity index (χ0) is 40.2. The van der Waals surface area contributed by atoms with Gasteiger partial charge in [-0.3, -0.25) is 24.0 Å². The van der Waals surface area contributed by atoms with Gasteiger partial charge in [-0.05, 0) is 81.5 Å². The Labute approximate surface area is 330 Å². The third-order valence-electron chi connectivity index (χ3n) is 9.86. The number of hydrogen-bond donors (Lipinski definition) is 9. The van der Waals surface area contributed by atoms with E-state index >= 15 is 0 Å². The van der Waals surface area contributed by atoms with Crippen LogP contribution in [0.15, 0.2) is 24.3 Å². The number of carbonyl (C=O) groups is 6. The number of rotatable bonds is 27. The highest BCUT2D eigenvalue weighted by Gasteiger charge is 2.42. The van der Waals surface area contributed by atoms with E-state index in [0.29, 0.717) is 76.3 Å². The molecule has 308 valence electrons. The lowest BCUT2D eigenvalue weighted by atomic mass is 10.0. The summed E-state index contributed by atoms with van der Waals surface area (Å²) in [6.07, 6.45) is 7.69. The first-order chi connectivity index (χ1) is 26.4. The molecule has 2 heterocycles. The van der Waals surface area contributed by atoms with Gasteiger partial charge >= 0.3 is 6.03 Å². The molecule has 0 bridgehead atoms. The van der Waals surface area contributed by atoms with Gasteiger partial charge in [-0.15, -0.1) is 0 Å². The maximum absolute atomic E-state index is 13.2. The van der Waals surface area contributed by atoms with E-state index in [0.717, 1.165) is 30.6 Å². The van der Waals surface area contributed by atoms with Crippen LogP contribution in [0.25, 0.3) is 0 Å². The summed E-state index contributed by atoms with van der Waals surface area (Å²) >= 11 is 1.87. The average molecular weight is 789 g/mol. The molecule has 2 aliphatic rings. The topological polar surface area (TPSA) is 233 Å². The lowest BCUT2D eigenvalue weighted by Gasteiger charge is -2.24. The number of nitrogens with one attached hydrogen (secondary N) is 7. The van der Waals surface area contributed by atoms with Gasteiger partial charge in [0.25, 0.3) is 0 Å². The van der Waals surface area contributed by atoms with E-state index in [1.165, 1.54) is 0 Å². The lowest BCUT2D eigenvalue weighted by molar-refractivity contribution is -0.130. The van der Waals surface area contributed by atoms with Gasteiger partial charge in [-0.1, -0.05) is 45.7 Å². The van der Waals surface area contributed by atoms with Crippen molar-refractivity contribution < 1.29 is 33.9 Å². The molecule has 55 heavy (non-hydrogen) atoms. The molecular formula is C39H64N8O7S. The van der Waals surface area contributed by atoms with E-state index in [4.69, 9.17) is 5.73 Å². The second-order valence-corrected chi connectivity index (χ2v) is 16.3. The number of unbranched alkanes of at least 4 members (excludes halogenated alkanes) is 4. The number of fused-ring (bicyclic) bond motifs is 1. The second-order valence-electron chi connectivity index (χ2n) is 15.0. The van der Waals surface area contributed by atoms with Crippen molar-refractivity contribution in [1.82, 2.24) is 37.2 Å². The van der Waals surface area contributed by atoms with Crippen LogP contribution in [0.2, 0.25) is 0 Å².